The molecule has 4 rings (SSSR count). The van der Waals surface area contributed by atoms with Crippen molar-refractivity contribution in [3.05, 3.63) is 68.5 Å². The molecule has 0 bridgehead atoms. The van der Waals surface area contributed by atoms with Gasteiger partial charge in [0.2, 0.25) is 4.96 Å². The number of benzene rings is 2. The molecule has 0 N–H and O–H groups in total. The third-order valence-electron chi connectivity index (χ3n) is 4.91. The van der Waals surface area contributed by atoms with Crippen molar-refractivity contribution in [1.82, 2.24) is 14.6 Å². The average molecular weight is 422 g/mol. The molecule has 2 heterocycles. The van der Waals surface area contributed by atoms with Gasteiger partial charge >= 0.3 is 0 Å². The zero-order chi connectivity index (χ0) is 21.5. The Morgan fingerprint density at radius 1 is 1.03 bits per heavy atom. The summed E-state index contributed by atoms with van der Waals surface area (Å²) in [4.78, 5) is 18.0. The Morgan fingerprint density at radius 3 is 2.37 bits per heavy atom. The van der Waals surface area contributed by atoms with Crippen LogP contribution in [0, 0.1) is 0 Å². The molecule has 0 saturated heterocycles. The highest BCUT2D eigenvalue weighted by atomic mass is 32.1. The maximum Gasteiger partial charge on any atom is 0.291 e. The topological polar surface area (TPSA) is 65.7 Å². The first-order chi connectivity index (χ1) is 14.3. The van der Waals surface area contributed by atoms with Gasteiger partial charge in [0.1, 0.15) is 0 Å². The van der Waals surface area contributed by atoms with Gasteiger partial charge < -0.3 is 9.47 Å². The van der Waals surface area contributed by atoms with E-state index in [1.807, 2.05) is 30.3 Å². The standard InChI is InChI=1S/C23H23N3O3S/c1-23(2,3)16-11-9-14(10-12-16)20-24-22-26(25-20)21(27)18(30-22)13-15-7-6-8-17(28-4)19(15)29-5/h6-13H,1-5H3. The first-order valence-electron chi connectivity index (χ1n) is 9.55. The summed E-state index contributed by atoms with van der Waals surface area (Å²) in [5.74, 6) is 1.74. The molecular formula is C23H23N3O3S. The van der Waals surface area contributed by atoms with Crippen LogP contribution in [0.3, 0.4) is 0 Å². The van der Waals surface area contributed by atoms with Crippen molar-refractivity contribution >= 4 is 22.4 Å². The van der Waals surface area contributed by atoms with Crippen LogP contribution in [0.1, 0.15) is 31.9 Å². The molecule has 0 aliphatic carbocycles. The molecule has 0 saturated carbocycles. The van der Waals surface area contributed by atoms with Crippen molar-refractivity contribution < 1.29 is 9.47 Å². The molecule has 30 heavy (non-hydrogen) atoms. The lowest BCUT2D eigenvalue weighted by Crippen LogP contribution is -2.23. The minimum absolute atomic E-state index is 0.0780. The van der Waals surface area contributed by atoms with Crippen LogP contribution in [0.25, 0.3) is 22.4 Å². The Bertz CT molecular complexity index is 1310. The zero-order valence-electron chi connectivity index (χ0n) is 17.6. The number of fused-ring (bicyclic) bond motifs is 1. The summed E-state index contributed by atoms with van der Waals surface area (Å²) >= 11 is 1.30. The second-order valence-electron chi connectivity index (χ2n) is 7.96. The number of para-hydroxylation sites is 1. The van der Waals surface area contributed by atoms with Crippen LogP contribution in [-0.4, -0.2) is 28.8 Å². The number of methoxy groups -OCH3 is 2. The zero-order valence-corrected chi connectivity index (χ0v) is 18.4. The Kier molecular flexibility index (Phi) is 5.07. The van der Waals surface area contributed by atoms with Gasteiger partial charge in [-0.15, -0.1) is 5.10 Å². The van der Waals surface area contributed by atoms with Crippen molar-refractivity contribution in [1.29, 1.82) is 0 Å². The normalized spacial score (nSPS) is 12.5. The van der Waals surface area contributed by atoms with Gasteiger partial charge in [-0.1, -0.05) is 68.5 Å². The van der Waals surface area contributed by atoms with Crippen molar-refractivity contribution in [2.45, 2.75) is 26.2 Å². The lowest BCUT2D eigenvalue weighted by molar-refractivity contribution is 0.354. The third kappa shape index (κ3) is 3.57. The smallest absolute Gasteiger partial charge is 0.291 e. The fraction of sp³-hybridized carbons (Fsp3) is 0.261. The number of rotatable bonds is 4. The van der Waals surface area contributed by atoms with E-state index >= 15 is 0 Å². The van der Waals surface area contributed by atoms with E-state index in [1.165, 1.54) is 21.4 Å². The van der Waals surface area contributed by atoms with Crippen LogP contribution >= 0.6 is 11.3 Å². The van der Waals surface area contributed by atoms with Crippen LogP contribution in [0.2, 0.25) is 0 Å². The molecule has 0 atom stereocenters. The summed E-state index contributed by atoms with van der Waals surface area (Å²) in [6, 6.07) is 13.7. The van der Waals surface area contributed by atoms with Crippen LogP contribution in [0.4, 0.5) is 0 Å². The highest BCUT2D eigenvalue weighted by molar-refractivity contribution is 7.15. The molecule has 154 valence electrons. The van der Waals surface area contributed by atoms with E-state index in [2.05, 4.69) is 43.0 Å². The van der Waals surface area contributed by atoms with Crippen LogP contribution in [-0.2, 0) is 5.41 Å². The van der Waals surface area contributed by atoms with Crippen LogP contribution in [0.5, 0.6) is 11.5 Å². The number of aromatic nitrogens is 3. The van der Waals surface area contributed by atoms with E-state index < -0.39 is 0 Å². The molecule has 0 radical (unpaired) electrons. The maximum absolute atomic E-state index is 12.9. The monoisotopic (exact) mass is 421 g/mol. The lowest BCUT2D eigenvalue weighted by Gasteiger charge is -2.18. The Morgan fingerprint density at radius 2 is 1.77 bits per heavy atom. The van der Waals surface area contributed by atoms with E-state index in [4.69, 9.17) is 9.47 Å². The van der Waals surface area contributed by atoms with Gasteiger partial charge in [-0.2, -0.15) is 9.50 Å². The Hall–Kier alpha value is -3.19. The highest BCUT2D eigenvalue weighted by Gasteiger charge is 2.16. The minimum atomic E-state index is -0.204. The summed E-state index contributed by atoms with van der Waals surface area (Å²) in [6.07, 6.45) is 1.78. The van der Waals surface area contributed by atoms with Gasteiger partial charge in [0.15, 0.2) is 17.3 Å². The SMILES string of the molecule is COc1cccc(C=c2sc3nc(-c4ccc(C(C)(C)C)cc4)nn3c2=O)c1OC. The summed E-state index contributed by atoms with van der Waals surface area (Å²) in [7, 11) is 3.16. The largest absolute Gasteiger partial charge is 0.493 e. The van der Waals surface area contributed by atoms with Gasteiger partial charge in [-0.05, 0) is 23.1 Å². The predicted molar refractivity (Wildman–Crippen MR) is 120 cm³/mol. The molecular weight excluding hydrogens is 398 g/mol. The minimum Gasteiger partial charge on any atom is -0.493 e. The van der Waals surface area contributed by atoms with Crippen molar-refractivity contribution in [3.63, 3.8) is 0 Å². The van der Waals surface area contributed by atoms with Crippen molar-refractivity contribution in [2.75, 3.05) is 14.2 Å². The quantitative estimate of drug-likeness (QED) is 0.503. The first-order valence-corrected chi connectivity index (χ1v) is 10.4. The maximum atomic E-state index is 12.9. The second kappa shape index (κ2) is 7.57. The molecule has 2 aromatic carbocycles. The summed E-state index contributed by atoms with van der Waals surface area (Å²) in [5, 5.41) is 4.44. The number of ether oxygens (including phenoxy) is 2. The van der Waals surface area contributed by atoms with E-state index in [-0.39, 0.29) is 11.0 Å². The Balaban J connectivity index is 1.75. The van der Waals surface area contributed by atoms with Crippen molar-refractivity contribution in [3.8, 4) is 22.9 Å². The Labute approximate surface area is 178 Å². The molecule has 0 aliphatic rings. The summed E-state index contributed by atoms with van der Waals surface area (Å²) < 4.78 is 12.7. The molecule has 0 aliphatic heterocycles. The molecule has 7 heteroatoms. The summed E-state index contributed by atoms with van der Waals surface area (Å²) in [5.41, 5.74) is 2.76. The summed E-state index contributed by atoms with van der Waals surface area (Å²) in [6.45, 7) is 6.52. The van der Waals surface area contributed by atoms with Gasteiger partial charge in [0, 0.05) is 11.1 Å². The molecule has 0 unspecified atom stereocenters. The van der Waals surface area contributed by atoms with E-state index in [0.29, 0.717) is 26.8 Å². The fourth-order valence-corrected chi connectivity index (χ4v) is 4.14. The van der Waals surface area contributed by atoms with E-state index in [1.54, 1.807) is 20.3 Å². The molecule has 2 aromatic heterocycles. The van der Waals surface area contributed by atoms with Crippen molar-refractivity contribution in [2.24, 2.45) is 0 Å². The van der Waals surface area contributed by atoms with E-state index in [9.17, 15) is 4.79 Å². The molecule has 0 fully saturated rings. The molecule has 4 aromatic rings. The molecule has 0 spiro atoms. The molecule has 6 nitrogen and oxygen atoms in total. The number of thiazole rings is 1. The lowest BCUT2D eigenvalue weighted by atomic mass is 9.87. The third-order valence-corrected chi connectivity index (χ3v) is 5.87. The van der Waals surface area contributed by atoms with Crippen LogP contribution in [0.15, 0.2) is 47.3 Å². The van der Waals surface area contributed by atoms with Gasteiger partial charge in [0.25, 0.3) is 5.56 Å². The fourth-order valence-electron chi connectivity index (χ4n) is 3.24. The van der Waals surface area contributed by atoms with Gasteiger partial charge in [-0.3, -0.25) is 4.79 Å². The molecule has 0 amide bonds. The number of nitrogens with zero attached hydrogens (tertiary/aromatic N) is 3. The van der Waals surface area contributed by atoms with Crippen LogP contribution < -0.4 is 19.6 Å². The number of hydrogen-bond donors (Lipinski definition) is 0. The number of hydrogen-bond acceptors (Lipinski definition) is 6. The predicted octanol–water partition coefficient (Wildman–Crippen LogP) is 3.68. The second-order valence-corrected chi connectivity index (χ2v) is 8.96. The van der Waals surface area contributed by atoms with Gasteiger partial charge in [0.05, 0.1) is 18.8 Å². The highest BCUT2D eigenvalue weighted by Crippen LogP contribution is 2.31. The average Bonchev–Trinajstić information content (AvgIpc) is 3.27. The van der Waals surface area contributed by atoms with Gasteiger partial charge in [-0.25, -0.2) is 0 Å². The van der Waals surface area contributed by atoms with E-state index in [0.717, 1.165) is 11.1 Å². The first kappa shape index (κ1) is 20.1.